The number of aromatic nitrogens is 2. The Morgan fingerprint density at radius 3 is 1.91 bits per heavy atom. The number of nitrogens with zero attached hydrogens (tertiary/aromatic N) is 3. The smallest absolute Gasteiger partial charge is 0.0973 e. The molecular weight excluding hydrogens is 655 g/mol. The van der Waals surface area contributed by atoms with Gasteiger partial charge in [-0.3, -0.25) is 0 Å². The van der Waals surface area contributed by atoms with Gasteiger partial charge in [-0.05, 0) is 80.2 Å². The molecule has 0 fully saturated rings. The predicted octanol–water partition coefficient (Wildman–Crippen LogP) is 12.8. The zero-order valence-corrected chi connectivity index (χ0v) is 30.2. The molecule has 3 aliphatic rings. The zero-order valence-electron chi connectivity index (χ0n) is 30.2. The maximum atomic E-state index is 5.59. The van der Waals surface area contributed by atoms with E-state index in [0.717, 1.165) is 39.5 Å². The minimum atomic E-state index is -0.294. The van der Waals surface area contributed by atoms with Crippen LogP contribution < -0.4 is 4.90 Å². The zero-order chi connectivity index (χ0) is 36.0. The van der Waals surface area contributed by atoms with Crippen molar-refractivity contribution < 1.29 is 0 Å². The molecule has 0 spiro atoms. The van der Waals surface area contributed by atoms with Crippen LogP contribution in [0.2, 0.25) is 0 Å². The molecule has 0 N–H and O–H groups in total. The average Bonchev–Trinajstić information content (AvgIpc) is 3.66. The van der Waals surface area contributed by atoms with Crippen LogP contribution in [0.3, 0.4) is 0 Å². The van der Waals surface area contributed by atoms with Gasteiger partial charge in [-0.1, -0.05) is 153 Å². The second-order valence-corrected chi connectivity index (χ2v) is 15.4. The predicted molar refractivity (Wildman–Crippen MR) is 224 cm³/mol. The summed E-state index contributed by atoms with van der Waals surface area (Å²) in [6.45, 7) is 4.56. The Balaban J connectivity index is 1.05. The van der Waals surface area contributed by atoms with E-state index in [1.807, 2.05) is 0 Å². The quantitative estimate of drug-likeness (QED) is 0.184. The van der Waals surface area contributed by atoms with Crippen LogP contribution in [0.25, 0.3) is 66.4 Å². The molecule has 8 aromatic rings. The van der Waals surface area contributed by atoms with Gasteiger partial charge in [-0.15, -0.1) is 0 Å². The summed E-state index contributed by atoms with van der Waals surface area (Å²) in [7, 11) is 0. The lowest BCUT2D eigenvalue weighted by Crippen LogP contribution is -2.28. The van der Waals surface area contributed by atoms with Gasteiger partial charge in [0.25, 0.3) is 0 Å². The van der Waals surface area contributed by atoms with Gasteiger partial charge < -0.3 is 4.90 Å². The Hall–Kier alpha value is -6.58. The summed E-state index contributed by atoms with van der Waals surface area (Å²) in [6, 6.07) is 55.4. The Morgan fingerprint density at radius 1 is 0.500 bits per heavy atom. The molecule has 2 aliphatic carbocycles. The highest BCUT2D eigenvalue weighted by atomic mass is 15.2. The van der Waals surface area contributed by atoms with Crippen molar-refractivity contribution >= 4 is 32.9 Å². The molecule has 1 aliphatic heterocycles. The van der Waals surface area contributed by atoms with Crippen LogP contribution in [-0.2, 0) is 5.41 Å². The first-order valence-electron chi connectivity index (χ1n) is 18.9. The summed E-state index contributed by atoms with van der Waals surface area (Å²) in [5, 5.41) is 5.04. The topological polar surface area (TPSA) is 29.0 Å². The highest BCUT2D eigenvalue weighted by molar-refractivity contribution is 5.93. The van der Waals surface area contributed by atoms with E-state index in [0.29, 0.717) is 5.92 Å². The van der Waals surface area contributed by atoms with Crippen LogP contribution in [0, 0.1) is 0 Å². The molecule has 2 heterocycles. The molecule has 0 saturated carbocycles. The maximum Gasteiger partial charge on any atom is 0.0973 e. The molecule has 2 unspecified atom stereocenters. The SMILES string of the molecule is CC1(C)c2ccc(-c3ccc4ccccc4c3)cc2-c2nc(-c3ccc(N4c5cc6ccccc6cc5C5C=CC=CC54)cc3)c(-c3ccccc3)nc21. The molecule has 1 aromatic heterocycles. The number of allylic oxidation sites excluding steroid dienone is 2. The van der Waals surface area contributed by atoms with Gasteiger partial charge in [0.15, 0.2) is 0 Å². The van der Waals surface area contributed by atoms with E-state index < -0.39 is 0 Å². The van der Waals surface area contributed by atoms with Gasteiger partial charge in [0.1, 0.15) is 0 Å². The lowest BCUT2D eigenvalue weighted by molar-refractivity contribution is 0.636. The highest BCUT2D eigenvalue weighted by Gasteiger charge is 2.40. The number of hydrogen-bond donors (Lipinski definition) is 0. The second-order valence-electron chi connectivity index (χ2n) is 15.4. The minimum absolute atomic E-state index is 0.225. The summed E-state index contributed by atoms with van der Waals surface area (Å²) in [6.07, 6.45) is 9.07. The number of anilines is 2. The van der Waals surface area contributed by atoms with E-state index in [-0.39, 0.29) is 11.5 Å². The Kier molecular flexibility index (Phi) is 6.72. The number of benzene rings is 7. The van der Waals surface area contributed by atoms with Crippen molar-refractivity contribution in [3.05, 3.63) is 193 Å². The van der Waals surface area contributed by atoms with Crippen LogP contribution in [-0.4, -0.2) is 16.0 Å². The third kappa shape index (κ3) is 4.68. The van der Waals surface area contributed by atoms with Crippen LogP contribution in [0.4, 0.5) is 11.4 Å². The molecule has 0 amide bonds. The van der Waals surface area contributed by atoms with E-state index in [2.05, 4.69) is 195 Å². The van der Waals surface area contributed by atoms with Crippen molar-refractivity contribution in [3.63, 3.8) is 0 Å². The Bertz CT molecular complexity index is 2860. The van der Waals surface area contributed by atoms with E-state index in [4.69, 9.17) is 9.97 Å². The molecule has 3 heteroatoms. The fraction of sp³-hybridized carbons (Fsp3) is 0.0980. The fourth-order valence-electron chi connectivity index (χ4n) is 9.12. The van der Waals surface area contributed by atoms with E-state index >= 15 is 0 Å². The molecule has 2 atom stereocenters. The number of rotatable bonds is 4. The van der Waals surface area contributed by atoms with E-state index in [9.17, 15) is 0 Å². The Labute approximate surface area is 315 Å². The fourth-order valence-corrected chi connectivity index (χ4v) is 9.12. The molecule has 3 nitrogen and oxygen atoms in total. The van der Waals surface area contributed by atoms with Crippen LogP contribution in [0.1, 0.15) is 36.6 Å². The van der Waals surface area contributed by atoms with Crippen molar-refractivity contribution in [2.75, 3.05) is 4.90 Å². The normalized spacial score (nSPS) is 17.4. The molecule has 11 rings (SSSR count). The molecular formula is C51H37N3. The molecule has 256 valence electrons. The summed E-state index contributed by atoms with van der Waals surface area (Å²) in [5.41, 5.74) is 14.3. The van der Waals surface area contributed by atoms with Crippen LogP contribution in [0.15, 0.2) is 176 Å². The number of hydrogen-bond acceptors (Lipinski definition) is 3. The third-order valence-corrected chi connectivity index (χ3v) is 11.9. The molecule has 0 saturated heterocycles. The van der Waals surface area contributed by atoms with Gasteiger partial charge in [-0.25, -0.2) is 9.97 Å². The first-order chi connectivity index (χ1) is 26.5. The van der Waals surface area contributed by atoms with Crippen LogP contribution in [0.5, 0.6) is 0 Å². The van der Waals surface area contributed by atoms with E-state index in [1.54, 1.807) is 0 Å². The Morgan fingerprint density at radius 2 is 1.11 bits per heavy atom. The van der Waals surface area contributed by atoms with E-state index in [1.165, 1.54) is 55.2 Å². The van der Waals surface area contributed by atoms with Gasteiger partial charge in [0.2, 0.25) is 0 Å². The minimum Gasteiger partial charge on any atom is -0.333 e. The number of fused-ring (bicyclic) bond motifs is 8. The van der Waals surface area contributed by atoms with Gasteiger partial charge in [-0.2, -0.15) is 0 Å². The average molecular weight is 692 g/mol. The first-order valence-corrected chi connectivity index (χ1v) is 18.9. The van der Waals surface area contributed by atoms with Crippen LogP contribution >= 0.6 is 0 Å². The molecule has 54 heavy (non-hydrogen) atoms. The maximum absolute atomic E-state index is 5.59. The highest BCUT2D eigenvalue weighted by Crippen LogP contribution is 2.51. The lowest BCUT2D eigenvalue weighted by Gasteiger charge is -2.29. The molecule has 7 aromatic carbocycles. The largest absolute Gasteiger partial charge is 0.333 e. The van der Waals surface area contributed by atoms with Crippen molar-refractivity contribution in [2.24, 2.45) is 0 Å². The van der Waals surface area contributed by atoms with Crippen molar-refractivity contribution in [1.29, 1.82) is 0 Å². The lowest BCUT2D eigenvalue weighted by atomic mass is 9.84. The van der Waals surface area contributed by atoms with Gasteiger partial charge >= 0.3 is 0 Å². The summed E-state index contributed by atoms with van der Waals surface area (Å²) in [5.74, 6) is 0.310. The van der Waals surface area contributed by atoms with Crippen molar-refractivity contribution in [2.45, 2.75) is 31.2 Å². The molecule has 0 radical (unpaired) electrons. The van der Waals surface area contributed by atoms with Gasteiger partial charge in [0.05, 0.1) is 28.8 Å². The van der Waals surface area contributed by atoms with Crippen molar-refractivity contribution in [3.8, 4) is 44.9 Å². The first kappa shape index (κ1) is 31.0. The summed E-state index contributed by atoms with van der Waals surface area (Å²) in [4.78, 5) is 13.6. The standard InChI is InChI=1S/C51H37N3/c1-51(2)44-27-24-39(38-21-20-32-12-6-7-15-35(32)28-38)30-43(44)49-50(51)53-48(33-13-4-3-5-14-33)47(52-49)34-22-25-40(26-23-34)54-45-19-11-10-18-41(45)42-29-36-16-8-9-17-37(36)31-46(42)54/h3-31,41,45H,1-2H3. The van der Waals surface area contributed by atoms with Gasteiger partial charge in [0, 0.05) is 39.4 Å². The second kappa shape index (κ2) is 11.7. The van der Waals surface area contributed by atoms with Crippen molar-refractivity contribution in [1.82, 2.24) is 9.97 Å². The molecule has 0 bridgehead atoms. The summed E-state index contributed by atoms with van der Waals surface area (Å²) >= 11 is 0. The summed E-state index contributed by atoms with van der Waals surface area (Å²) < 4.78 is 0. The third-order valence-electron chi connectivity index (χ3n) is 11.9. The monoisotopic (exact) mass is 691 g/mol.